The predicted molar refractivity (Wildman–Crippen MR) is 76.5 cm³/mol. The molecule has 0 aliphatic heterocycles. The van der Waals surface area contributed by atoms with E-state index in [1.807, 2.05) is 12.3 Å². The number of H-pyrrole nitrogens is 1. The molecule has 0 bridgehead atoms. The molecule has 1 aromatic heterocycles. The summed E-state index contributed by atoms with van der Waals surface area (Å²) in [4.78, 5) is 8.19. The summed E-state index contributed by atoms with van der Waals surface area (Å²) in [6.45, 7) is 4.98. The van der Waals surface area contributed by atoms with Gasteiger partial charge in [0.05, 0.1) is 5.75 Å². The molecule has 1 heterocycles. The standard InChI is InChI=1S/C14H18FN3S/c1-10(2)16-7-11-8-17-14(18-11)9-19-13-6-4-3-5-12(13)15/h3-6,8,10,16H,7,9H2,1-2H3,(H,17,18). The van der Waals surface area contributed by atoms with Crippen molar-refractivity contribution >= 4 is 11.8 Å². The second kappa shape index (κ2) is 6.73. The van der Waals surface area contributed by atoms with Crippen LogP contribution in [0.2, 0.25) is 0 Å². The first-order chi connectivity index (χ1) is 9.15. The van der Waals surface area contributed by atoms with E-state index in [-0.39, 0.29) is 5.82 Å². The fourth-order valence-electron chi connectivity index (χ4n) is 1.59. The van der Waals surface area contributed by atoms with Crippen LogP contribution in [0.25, 0.3) is 0 Å². The second-order valence-corrected chi connectivity index (χ2v) is 5.63. The molecule has 0 spiro atoms. The average Bonchev–Trinajstić information content (AvgIpc) is 2.83. The molecule has 19 heavy (non-hydrogen) atoms. The fourth-order valence-corrected chi connectivity index (χ4v) is 2.41. The van der Waals surface area contributed by atoms with Gasteiger partial charge in [-0.3, -0.25) is 0 Å². The van der Waals surface area contributed by atoms with Crippen molar-refractivity contribution in [3.05, 3.63) is 47.8 Å². The highest BCUT2D eigenvalue weighted by atomic mass is 32.2. The molecule has 0 saturated carbocycles. The summed E-state index contributed by atoms with van der Waals surface area (Å²) in [6.07, 6.45) is 1.83. The number of aromatic nitrogens is 2. The van der Waals surface area contributed by atoms with E-state index in [1.54, 1.807) is 12.1 Å². The van der Waals surface area contributed by atoms with Crippen LogP contribution in [0.15, 0.2) is 35.4 Å². The van der Waals surface area contributed by atoms with Gasteiger partial charge in [-0.2, -0.15) is 0 Å². The first kappa shape index (κ1) is 14.1. The van der Waals surface area contributed by atoms with Crippen molar-refractivity contribution in [2.24, 2.45) is 0 Å². The Morgan fingerprint density at radius 2 is 2.16 bits per heavy atom. The summed E-state index contributed by atoms with van der Waals surface area (Å²) in [5.74, 6) is 1.33. The van der Waals surface area contributed by atoms with Crippen LogP contribution >= 0.6 is 11.8 Å². The van der Waals surface area contributed by atoms with Crippen LogP contribution in [0, 0.1) is 5.82 Å². The maximum absolute atomic E-state index is 13.4. The van der Waals surface area contributed by atoms with Crippen LogP contribution in [0.4, 0.5) is 4.39 Å². The minimum Gasteiger partial charge on any atom is -0.344 e. The Kier molecular flexibility index (Phi) is 4.99. The molecule has 2 aromatic rings. The van der Waals surface area contributed by atoms with Crippen LogP contribution in [0.3, 0.4) is 0 Å². The number of imidazole rings is 1. The highest BCUT2D eigenvalue weighted by Gasteiger charge is 2.05. The largest absolute Gasteiger partial charge is 0.344 e. The van der Waals surface area contributed by atoms with Gasteiger partial charge in [-0.1, -0.05) is 26.0 Å². The Hall–Kier alpha value is -1.33. The Bertz CT molecular complexity index is 525. The third kappa shape index (κ3) is 4.36. The number of halogens is 1. The number of nitrogens with one attached hydrogen (secondary N) is 2. The van der Waals surface area contributed by atoms with Gasteiger partial charge < -0.3 is 10.3 Å². The Balaban J connectivity index is 1.88. The molecule has 5 heteroatoms. The van der Waals surface area contributed by atoms with Crippen molar-refractivity contribution in [3.8, 4) is 0 Å². The molecule has 0 atom stereocenters. The van der Waals surface area contributed by atoms with E-state index < -0.39 is 0 Å². The number of hydrogen-bond acceptors (Lipinski definition) is 3. The van der Waals surface area contributed by atoms with Crippen LogP contribution in [0.1, 0.15) is 25.4 Å². The summed E-state index contributed by atoms with van der Waals surface area (Å²) < 4.78 is 13.4. The van der Waals surface area contributed by atoms with Crippen molar-refractivity contribution in [1.29, 1.82) is 0 Å². The monoisotopic (exact) mass is 279 g/mol. The molecule has 0 saturated heterocycles. The van der Waals surface area contributed by atoms with Gasteiger partial charge in [0.25, 0.3) is 0 Å². The quantitative estimate of drug-likeness (QED) is 0.797. The SMILES string of the molecule is CC(C)NCc1cnc(CSc2ccccc2F)[nH]1. The van der Waals surface area contributed by atoms with Gasteiger partial charge in [0.15, 0.2) is 0 Å². The van der Waals surface area contributed by atoms with Crippen LogP contribution in [-0.2, 0) is 12.3 Å². The lowest BCUT2D eigenvalue weighted by Crippen LogP contribution is -2.21. The molecule has 0 fully saturated rings. The first-order valence-electron chi connectivity index (χ1n) is 6.28. The van der Waals surface area contributed by atoms with E-state index in [9.17, 15) is 4.39 Å². The maximum Gasteiger partial charge on any atom is 0.136 e. The normalized spacial score (nSPS) is 11.2. The van der Waals surface area contributed by atoms with E-state index >= 15 is 0 Å². The van der Waals surface area contributed by atoms with Crippen molar-refractivity contribution in [2.75, 3.05) is 0 Å². The third-order valence-corrected chi connectivity index (χ3v) is 3.64. The van der Waals surface area contributed by atoms with E-state index in [0.717, 1.165) is 18.1 Å². The van der Waals surface area contributed by atoms with E-state index in [1.165, 1.54) is 17.8 Å². The zero-order valence-electron chi connectivity index (χ0n) is 11.1. The molecule has 0 unspecified atom stereocenters. The van der Waals surface area contributed by atoms with E-state index in [2.05, 4.69) is 29.1 Å². The van der Waals surface area contributed by atoms with E-state index in [4.69, 9.17) is 0 Å². The van der Waals surface area contributed by atoms with Crippen LogP contribution in [0.5, 0.6) is 0 Å². The van der Waals surface area contributed by atoms with Gasteiger partial charge in [0, 0.05) is 29.4 Å². The number of thioether (sulfide) groups is 1. The minimum atomic E-state index is -0.180. The molecule has 0 radical (unpaired) electrons. The highest BCUT2D eigenvalue weighted by Crippen LogP contribution is 2.24. The number of benzene rings is 1. The first-order valence-corrected chi connectivity index (χ1v) is 7.27. The zero-order chi connectivity index (χ0) is 13.7. The summed E-state index contributed by atoms with van der Waals surface area (Å²) in [5, 5.41) is 3.32. The molecule has 0 aliphatic carbocycles. The van der Waals surface area contributed by atoms with Crippen molar-refractivity contribution in [2.45, 2.75) is 37.1 Å². The van der Waals surface area contributed by atoms with Crippen LogP contribution < -0.4 is 5.32 Å². The van der Waals surface area contributed by atoms with Gasteiger partial charge >= 0.3 is 0 Å². The Morgan fingerprint density at radius 3 is 2.89 bits per heavy atom. The second-order valence-electron chi connectivity index (χ2n) is 4.61. The molecule has 102 valence electrons. The minimum absolute atomic E-state index is 0.180. The lowest BCUT2D eigenvalue weighted by molar-refractivity contribution is 0.582. The Morgan fingerprint density at radius 1 is 1.37 bits per heavy atom. The Labute approximate surface area is 117 Å². The summed E-state index contributed by atoms with van der Waals surface area (Å²) in [5.41, 5.74) is 1.05. The number of aromatic amines is 1. The van der Waals surface area contributed by atoms with Gasteiger partial charge in [-0.25, -0.2) is 9.37 Å². The molecule has 0 aliphatic rings. The average molecular weight is 279 g/mol. The van der Waals surface area contributed by atoms with Gasteiger partial charge in [0.1, 0.15) is 11.6 Å². The number of rotatable bonds is 6. The lowest BCUT2D eigenvalue weighted by atomic mass is 10.3. The van der Waals surface area contributed by atoms with Gasteiger partial charge in [-0.15, -0.1) is 11.8 Å². The molecular weight excluding hydrogens is 261 g/mol. The molecule has 2 N–H and O–H groups in total. The van der Waals surface area contributed by atoms with Gasteiger partial charge in [0.2, 0.25) is 0 Å². The van der Waals surface area contributed by atoms with Gasteiger partial charge in [-0.05, 0) is 12.1 Å². The predicted octanol–water partition coefficient (Wildman–Crippen LogP) is 3.34. The smallest absolute Gasteiger partial charge is 0.136 e. The van der Waals surface area contributed by atoms with Crippen LogP contribution in [-0.4, -0.2) is 16.0 Å². The van der Waals surface area contributed by atoms with Crippen molar-refractivity contribution < 1.29 is 4.39 Å². The number of nitrogens with zero attached hydrogens (tertiary/aromatic N) is 1. The highest BCUT2D eigenvalue weighted by molar-refractivity contribution is 7.98. The van der Waals surface area contributed by atoms with Crippen molar-refractivity contribution in [1.82, 2.24) is 15.3 Å². The third-order valence-electron chi connectivity index (χ3n) is 2.58. The fraction of sp³-hybridized carbons (Fsp3) is 0.357. The molecule has 3 nitrogen and oxygen atoms in total. The molecule has 2 rings (SSSR count). The summed E-state index contributed by atoms with van der Waals surface area (Å²) in [7, 11) is 0. The zero-order valence-corrected chi connectivity index (χ0v) is 11.9. The summed E-state index contributed by atoms with van der Waals surface area (Å²) in [6, 6.07) is 7.24. The molecule has 0 amide bonds. The van der Waals surface area contributed by atoms with Crippen molar-refractivity contribution in [3.63, 3.8) is 0 Å². The summed E-state index contributed by atoms with van der Waals surface area (Å²) >= 11 is 1.45. The van der Waals surface area contributed by atoms with E-state index in [0.29, 0.717) is 16.7 Å². The lowest BCUT2D eigenvalue weighted by Gasteiger charge is -2.05. The molecular formula is C14H18FN3S. The maximum atomic E-state index is 13.4. The number of hydrogen-bond donors (Lipinski definition) is 2. The molecule has 1 aromatic carbocycles. The topological polar surface area (TPSA) is 40.7 Å².